The highest BCUT2D eigenvalue weighted by atomic mass is 19.4. The van der Waals surface area contributed by atoms with Gasteiger partial charge in [-0.3, -0.25) is 4.79 Å². The van der Waals surface area contributed by atoms with E-state index in [0.29, 0.717) is 11.3 Å². The van der Waals surface area contributed by atoms with Crippen molar-refractivity contribution in [1.29, 1.82) is 0 Å². The number of nitrogens with one attached hydrogen (secondary N) is 1. The molecule has 0 aliphatic heterocycles. The molecule has 0 atom stereocenters. The summed E-state index contributed by atoms with van der Waals surface area (Å²) in [5.74, 6) is 0.262. The van der Waals surface area contributed by atoms with E-state index < -0.39 is 11.7 Å². The fourth-order valence-corrected chi connectivity index (χ4v) is 1.87. The highest BCUT2D eigenvalue weighted by Crippen LogP contribution is 2.30. The van der Waals surface area contributed by atoms with Crippen LogP contribution in [0.2, 0.25) is 0 Å². The average molecular weight is 321 g/mol. The van der Waals surface area contributed by atoms with Crippen LogP contribution in [0.1, 0.15) is 15.9 Å². The van der Waals surface area contributed by atoms with Crippen molar-refractivity contribution in [1.82, 2.24) is 0 Å². The first kappa shape index (κ1) is 16.6. The van der Waals surface area contributed by atoms with E-state index in [1.165, 1.54) is 31.5 Å². The highest BCUT2D eigenvalue weighted by Gasteiger charge is 2.30. The van der Waals surface area contributed by atoms with Gasteiger partial charge in [-0.05, 0) is 30.3 Å². The molecule has 0 saturated heterocycles. The normalized spacial score (nSPS) is 11.5. The molecule has 120 valence electrons. The van der Waals surface area contributed by atoms with Gasteiger partial charge in [0.05, 0.1) is 12.7 Å². The number of alkyl halides is 3. The molecule has 0 fully saturated rings. The van der Waals surface area contributed by atoms with E-state index in [4.69, 9.17) is 4.74 Å². The molecule has 0 aliphatic carbocycles. The molecule has 2 aromatic rings. The van der Waals surface area contributed by atoms with Crippen LogP contribution in [0.15, 0.2) is 60.8 Å². The van der Waals surface area contributed by atoms with Gasteiger partial charge in [0.2, 0.25) is 0 Å². The van der Waals surface area contributed by atoms with Gasteiger partial charge in [0.15, 0.2) is 5.78 Å². The summed E-state index contributed by atoms with van der Waals surface area (Å²) in [7, 11) is 1.49. The van der Waals surface area contributed by atoms with Crippen LogP contribution in [0, 0.1) is 0 Å². The molecule has 0 radical (unpaired) electrons. The summed E-state index contributed by atoms with van der Waals surface area (Å²) in [6, 6.07) is 11.3. The van der Waals surface area contributed by atoms with Crippen molar-refractivity contribution in [2.24, 2.45) is 0 Å². The maximum Gasteiger partial charge on any atom is 0.416 e. The van der Waals surface area contributed by atoms with Crippen LogP contribution in [0.4, 0.5) is 18.9 Å². The lowest BCUT2D eigenvalue weighted by atomic mass is 10.1. The minimum absolute atomic E-state index is 0.245. The smallest absolute Gasteiger partial charge is 0.416 e. The fraction of sp³-hybridized carbons (Fsp3) is 0.118. The Balaban J connectivity index is 2.05. The van der Waals surface area contributed by atoms with E-state index >= 15 is 0 Å². The van der Waals surface area contributed by atoms with Crippen LogP contribution in [0.25, 0.3) is 0 Å². The number of allylic oxidation sites excluding steroid dienone is 1. The molecule has 0 bridgehead atoms. The minimum atomic E-state index is -4.40. The van der Waals surface area contributed by atoms with Gasteiger partial charge in [0.1, 0.15) is 5.75 Å². The SMILES string of the molecule is COc1cccc(C(=O)/C=C/Nc2cccc(C(F)(F)F)c2)c1. The Kier molecular flexibility index (Phi) is 5.05. The number of methoxy groups -OCH3 is 1. The standard InChI is InChI=1S/C17H14F3NO2/c1-23-15-7-2-4-12(10-15)16(22)8-9-21-14-6-3-5-13(11-14)17(18,19)20/h2-11,21H,1H3/b9-8+. The Morgan fingerprint density at radius 2 is 1.87 bits per heavy atom. The highest BCUT2D eigenvalue weighted by molar-refractivity contribution is 6.04. The van der Waals surface area contributed by atoms with E-state index in [0.717, 1.165) is 12.1 Å². The van der Waals surface area contributed by atoms with Crippen molar-refractivity contribution in [2.75, 3.05) is 12.4 Å². The fourth-order valence-electron chi connectivity index (χ4n) is 1.87. The molecule has 1 N–H and O–H groups in total. The number of hydrogen-bond acceptors (Lipinski definition) is 3. The summed E-state index contributed by atoms with van der Waals surface area (Å²) >= 11 is 0. The molecule has 0 unspecified atom stereocenters. The zero-order valence-electron chi connectivity index (χ0n) is 12.2. The summed E-state index contributed by atoms with van der Waals surface area (Å²) in [6.07, 6.45) is -1.86. The third-order valence-electron chi connectivity index (χ3n) is 3.03. The molecule has 23 heavy (non-hydrogen) atoms. The van der Waals surface area contributed by atoms with Gasteiger partial charge in [-0.15, -0.1) is 0 Å². The predicted octanol–water partition coefficient (Wildman–Crippen LogP) is 4.52. The van der Waals surface area contributed by atoms with Crippen LogP contribution >= 0.6 is 0 Å². The van der Waals surface area contributed by atoms with Gasteiger partial charge in [-0.1, -0.05) is 18.2 Å². The number of benzene rings is 2. The monoisotopic (exact) mass is 321 g/mol. The Morgan fingerprint density at radius 3 is 2.57 bits per heavy atom. The predicted molar refractivity (Wildman–Crippen MR) is 81.5 cm³/mol. The number of carbonyl (C=O) groups is 1. The Morgan fingerprint density at radius 1 is 1.13 bits per heavy atom. The summed E-state index contributed by atoms with van der Waals surface area (Å²) in [6.45, 7) is 0. The topological polar surface area (TPSA) is 38.3 Å². The van der Waals surface area contributed by atoms with E-state index in [2.05, 4.69) is 5.32 Å². The molecule has 0 aliphatic rings. The maximum atomic E-state index is 12.6. The lowest BCUT2D eigenvalue weighted by molar-refractivity contribution is -0.137. The Labute approximate surface area is 131 Å². The van der Waals surface area contributed by atoms with Crippen molar-refractivity contribution >= 4 is 11.5 Å². The summed E-state index contributed by atoms with van der Waals surface area (Å²) < 4.78 is 42.8. The molecular formula is C17H14F3NO2. The zero-order valence-corrected chi connectivity index (χ0v) is 12.2. The average Bonchev–Trinajstić information content (AvgIpc) is 2.54. The number of ketones is 1. The second-order valence-corrected chi connectivity index (χ2v) is 4.65. The minimum Gasteiger partial charge on any atom is -0.497 e. The molecule has 0 spiro atoms. The summed E-state index contributed by atoms with van der Waals surface area (Å²) in [4.78, 5) is 12.0. The molecule has 2 rings (SSSR count). The van der Waals surface area contributed by atoms with E-state index in [-0.39, 0.29) is 11.5 Å². The number of hydrogen-bond donors (Lipinski definition) is 1. The summed E-state index contributed by atoms with van der Waals surface area (Å²) in [5, 5.41) is 2.65. The number of halogens is 3. The largest absolute Gasteiger partial charge is 0.497 e. The lowest BCUT2D eigenvalue weighted by Crippen LogP contribution is -2.05. The van der Waals surface area contributed by atoms with Gasteiger partial charge >= 0.3 is 6.18 Å². The molecule has 0 saturated carbocycles. The molecule has 3 nitrogen and oxygen atoms in total. The van der Waals surface area contributed by atoms with Crippen molar-refractivity contribution in [3.63, 3.8) is 0 Å². The number of ether oxygens (including phenoxy) is 1. The second-order valence-electron chi connectivity index (χ2n) is 4.65. The molecular weight excluding hydrogens is 307 g/mol. The molecule has 2 aromatic carbocycles. The van der Waals surface area contributed by atoms with Crippen molar-refractivity contribution in [3.8, 4) is 5.75 Å². The van der Waals surface area contributed by atoms with Gasteiger partial charge in [0.25, 0.3) is 0 Å². The van der Waals surface area contributed by atoms with Crippen LogP contribution in [0.3, 0.4) is 0 Å². The number of rotatable bonds is 5. The van der Waals surface area contributed by atoms with Crippen molar-refractivity contribution < 1.29 is 22.7 Å². The van der Waals surface area contributed by atoms with Crippen LogP contribution in [-0.2, 0) is 6.18 Å². The maximum absolute atomic E-state index is 12.6. The summed E-state index contributed by atoms with van der Waals surface area (Å²) in [5.41, 5.74) is -0.0871. The van der Waals surface area contributed by atoms with Crippen LogP contribution in [-0.4, -0.2) is 12.9 Å². The van der Waals surface area contributed by atoms with Gasteiger partial charge in [-0.2, -0.15) is 13.2 Å². The van der Waals surface area contributed by atoms with E-state index in [9.17, 15) is 18.0 Å². The van der Waals surface area contributed by atoms with Crippen LogP contribution < -0.4 is 10.1 Å². The first-order chi connectivity index (χ1) is 10.9. The van der Waals surface area contributed by atoms with Crippen molar-refractivity contribution in [3.05, 3.63) is 71.9 Å². The third-order valence-corrected chi connectivity index (χ3v) is 3.03. The Hall–Kier alpha value is -2.76. The van der Waals surface area contributed by atoms with Crippen molar-refractivity contribution in [2.45, 2.75) is 6.18 Å². The third kappa shape index (κ3) is 4.60. The second kappa shape index (κ2) is 7.00. The van der Waals surface area contributed by atoms with Gasteiger partial charge in [-0.25, -0.2) is 0 Å². The van der Waals surface area contributed by atoms with Crippen LogP contribution in [0.5, 0.6) is 5.75 Å². The van der Waals surface area contributed by atoms with E-state index in [1.807, 2.05) is 0 Å². The zero-order chi connectivity index (χ0) is 16.9. The van der Waals surface area contributed by atoms with E-state index in [1.54, 1.807) is 24.3 Å². The number of carbonyl (C=O) groups excluding carboxylic acids is 1. The molecule has 0 aromatic heterocycles. The molecule has 0 amide bonds. The van der Waals surface area contributed by atoms with Gasteiger partial charge in [0, 0.05) is 23.5 Å². The van der Waals surface area contributed by atoms with Gasteiger partial charge < -0.3 is 10.1 Å². The molecule has 6 heteroatoms. The quantitative estimate of drug-likeness (QED) is 0.650. The molecule has 0 heterocycles. The first-order valence-electron chi connectivity index (χ1n) is 6.69. The first-order valence-corrected chi connectivity index (χ1v) is 6.69. The lowest BCUT2D eigenvalue weighted by Gasteiger charge is -2.08. The number of anilines is 1. The Bertz CT molecular complexity index is 724.